The molecule has 1 fully saturated rings. The number of esters is 1. The number of nitrogens with one attached hydrogen (secondary N) is 1. The van der Waals surface area contributed by atoms with E-state index in [4.69, 9.17) is 14.2 Å². The molecule has 3 atom stereocenters. The summed E-state index contributed by atoms with van der Waals surface area (Å²) >= 11 is 0. The molecule has 7 nitrogen and oxygen atoms in total. The van der Waals surface area contributed by atoms with Crippen LogP contribution in [-0.4, -0.2) is 49.0 Å². The van der Waals surface area contributed by atoms with Gasteiger partial charge >= 0.3 is 5.97 Å². The Labute approximate surface area is 229 Å². The Kier molecular flexibility index (Phi) is 9.08. The number of halogens is 1. The molecule has 2 aromatic rings. The van der Waals surface area contributed by atoms with E-state index >= 15 is 0 Å². The zero-order chi connectivity index (χ0) is 28.2. The average Bonchev–Trinajstić information content (AvgIpc) is 2.87. The third kappa shape index (κ3) is 7.46. The van der Waals surface area contributed by atoms with Gasteiger partial charge in [-0.25, -0.2) is 4.39 Å². The molecule has 4 rings (SSSR count). The molecule has 1 unspecified atom stereocenters. The summed E-state index contributed by atoms with van der Waals surface area (Å²) in [4.78, 5) is 24.5. The van der Waals surface area contributed by atoms with Gasteiger partial charge in [-0.05, 0) is 91.1 Å². The van der Waals surface area contributed by atoms with Crippen LogP contribution in [0.25, 0.3) is 5.57 Å². The number of hydrogen-bond acceptors (Lipinski definition) is 6. The van der Waals surface area contributed by atoms with Gasteiger partial charge in [0.25, 0.3) is 0 Å². The van der Waals surface area contributed by atoms with Crippen molar-refractivity contribution in [3.63, 3.8) is 0 Å². The van der Waals surface area contributed by atoms with E-state index in [1.54, 1.807) is 44.4 Å². The van der Waals surface area contributed by atoms with Crippen LogP contribution < -0.4 is 10.1 Å². The number of hydrogen-bond donors (Lipinski definition) is 2. The number of aryl methyl sites for hydroxylation is 1. The first-order chi connectivity index (χ1) is 18.5. The van der Waals surface area contributed by atoms with Crippen LogP contribution in [0.5, 0.6) is 5.75 Å². The molecule has 0 aromatic heterocycles. The molecule has 0 bridgehead atoms. The van der Waals surface area contributed by atoms with E-state index in [-0.39, 0.29) is 48.3 Å². The smallest absolute Gasteiger partial charge is 0.308 e. The minimum Gasteiger partial charge on any atom is -0.497 e. The number of cyclic esters (lactones) is 1. The fourth-order valence-corrected chi connectivity index (χ4v) is 5.66. The van der Waals surface area contributed by atoms with Crippen molar-refractivity contribution in [2.45, 2.75) is 77.6 Å². The maximum atomic E-state index is 14.1. The van der Waals surface area contributed by atoms with E-state index in [1.807, 2.05) is 6.07 Å². The van der Waals surface area contributed by atoms with Crippen molar-refractivity contribution in [2.75, 3.05) is 19.0 Å². The van der Waals surface area contributed by atoms with Gasteiger partial charge in [0.1, 0.15) is 24.3 Å². The molecule has 39 heavy (non-hydrogen) atoms. The predicted octanol–water partition coefficient (Wildman–Crippen LogP) is 5.59. The van der Waals surface area contributed by atoms with Crippen molar-refractivity contribution in [2.24, 2.45) is 5.41 Å². The summed E-state index contributed by atoms with van der Waals surface area (Å²) in [5.74, 6) is -0.171. The number of amides is 1. The molecule has 1 amide bonds. The highest BCUT2D eigenvalue weighted by atomic mass is 19.1. The quantitative estimate of drug-likeness (QED) is 0.404. The van der Waals surface area contributed by atoms with Gasteiger partial charge in [0, 0.05) is 12.1 Å². The van der Waals surface area contributed by atoms with Crippen molar-refractivity contribution < 1.29 is 33.3 Å². The number of rotatable bonds is 9. The molecule has 2 N–H and O–H groups in total. The predicted molar refractivity (Wildman–Crippen MR) is 147 cm³/mol. The van der Waals surface area contributed by atoms with Crippen LogP contribution in [0.2, 0.25) is 0 Å². The van der Waals surface area contributed by atoms with Gasteiger partial charge in [-0.2, -0.15) is 0 Å². The normalized spacial score (nSPS) is 22.8. The molecule has 1 aliphatic heterocycles. The first-order valence-corrected chi connectivity index (χ1v) is 13.5. The maximum Gasteiger partial charge on any atom is 0.308 e. The highest BCUT2D eigenvalue weighted by molar-refractivity contribution is 5.91. The summed E-state index contributed by atoms with van der Waals surface area (Å²) in [5, 5.41) is 12.9. The van der Waals surface area contributed by atoms with E-state index in [2.05, 4.69) is 19.2 Å². The zero-order valence-electron chi connectivity index (χ0n) is 23.1. The summed E-state index contributed by atoms with van der Waals surface area (Å²) in [7, 11) is 1.59. The maximum absolute atomic E-state index is 14.1. The third-order valence-electron chi connectivity index (χ3n) is 7.63. The van der Waals surface area contributed by atoms with E-state index in [9.17, 15) is 19.1 Å². The fourth-order valence-electron chi connectivity index (χ4n) is 5.66. The number of aliphatic hydroxyl groups excluding tert-OH is 1. The molecule has 0 spiro atoms. The van der Waals surface area contributed by atoms with E-state index < -0.39 is 6.10 Å². The topological polar surface area (TPSA) is 94.1 Å². The van der Waals surface area contributed by atoms with Gasteiger partial charge in [0.15, 0.2) is 0 Å². The second-order valence-electron chi connectivity index (χ2n) is 11.2. The number of carbonyl (C=O) groups excluding carboxylic acids is 2. The molecule has 0 saturated carbocycles. The zero-order valence-corrected chi connectivity index (χ0v) is 23.1. The summed E-state index contributed by atoms with van der Waals surface area (Å²) in [5.41, 5.74) is 4.14. The third-order valence-corrected chi connectivity index (χ3v) is 7.63. The SMILES string of the molecule is COc1ccc(NC(=O)COC2CC(c3ccc(F)c(C)c3)=C(CC[C@@H]3C[C@@H](O)CC(=O)O3)C(C)(C)C2)cc1. The largest absolute Gasteiger partial charge is 0.497 e. The molecular formula is C31H38FNO6. The molecule has 2 aromatic carbocycles. The van der Waals surface area contributed by atoms with Gasteiger partial charge in [-0.15, -0.1) is 0 Å². The lowest BCUT2D eigenvalue weighted by atomic mass is 9.68. The van der Waals surface area contributed by atoms with Crippen molar-refractivity contribution in [1.82, 2.24) is 0 Å². The van der Waals surface area contributed by atoms with Gasteiger partial charge in [0.2, 0.25) is 5.91 Å². The molecular weight excluding hydrogens is 501 g/mol. The second kappa shape index (κ2) is 12.3. The second-order valence-corrected chi connectivity index (χ2v) is 11.2. The lowest BCUT2D eigenvalue weighted by Crippen LogP contribution is -2.35. The van der Waals surface area contributed by atoms with Crippen LogP contribution >= 0.6 is 0 Å². The number of benzene rings is 2. The number of carbonyl (C=O) groups is 2. The molecule has 1 saturated heterocycles. The first kappa shape index (κ1) is 28.8. The van der Waals surface area contributed by atoms with E-state index in [0.29, 0.717) is 49.1 Å². The fraction of sp³-hybridized carbons (Fsp3) is 0.484. The standard InChI is InChI=1S/C31H38FNO6/c1-19-13-20(5-12-28(19)32)26-16-25(38-18-29(35)33-21-6-8-23(37-4)9-7-21)17-31(2,3)27(26)11-10-24-14-22(34)15-30(36)39-24/h5-9,12-13,22,24-25,34H,10-11,14-18H2,1-4H3,(H,33,35)/t22-,24-,25?/m1/s1. The lowest BCUT2D eigenvalue weighted by Gasteiger charge is -2.40. The van der Waals surface area contributed by atoms with E-state index in [0.717, 1.165) is 11.1 Å². The molecule has 1 heterocycles. The van der Waals surface area contributed by atoms with Crippen LogP contribution in [0.15, 0.2) is 48.0 Å². The van der Waals surface area contributed by atoms with E-state index in [1.165, 1.54) is 11.6 Å². The number of ether oxygens (including phenoxy) is 3. The Balaban J connectivity index is 1.50. The molecule has 2 aliphatic rings. The number of allylic oxidation sites excluding steroid dienone is 1. The lowest BCUT2D eigenvalue weighted by molar-refractivity contribution is -0.160. The van der Waals surface area contributed by atoms with Crippen LogP contribution in [0.4, 0.5) is 10.1 Å². The summed E-state index contributed by atoms with van der Waals surface area (Å²) in [6.07, 6.45) is 1.80. The van der Waals surface area contributed by atoms with Crippen molar-refractivity contribution in [1.29, 1.82) is 0 Å². The molecule has 0 radical (unpaired) electrons. The number of aliphatic hydroxyl groups is 1. The van der Waals surface area contributed by atoms with Gasteiger partial charge in [-0.3, -0.25) is 9.59 Å². The number of anilines is 1. The Morgan fingerprint density at radius 2 is 1.92 bits per heavy atom. The highest BCUT2D eigenvalue weighted by Crippen LogP contribution is 2.47. The first-order valence-electron chi connectivity index (χ1n) is 13.5. The summed E-state index contributed by atoms with van der Waals surface area (Å²) < 4.78 is 30.9. The molecule has 8 heteroatoms. The Morgan fingerprint density at radius 3 is 2.59 bits per heavy atom. The Hall–Kier alpha value is -3.23. The van der Waals surface area contributed by atoms with Crippen LogP contribution in [0, 0.1) is 18.2 Å². The molecule has 1 aliphatic carbocycles. The Bertz CT molecular complexity index is 1220. The Morgan fingerprint density at radius 1 is 1.18 bits per heavy atom. The summed E-state index contributed by atoms with van der Waals surface area (Å²) in [6, 6.07) is 12.2. The average molecular weight is 540 g/mol. The van der Waals surface area contributed by atoms with Gasteiger partial charge in [-0.1, -0.05) is 25.5 Å². The van der Waals surface area contributed by atoms with Crippen molar-refractivity contribution in [3.8, 4) is 5.75 Å². The monoisotopic (exact) mass is 539 g/mol. The van der Waals surface area contributed by atoms with Gasteiger partial charge in [0.05, 0.1) is 25.7 Å². The van der Waals surface area contributed by atoms with Crippen LogP contribution in [0.1, 0.15) is 63.5 Å². The number of methoxy groups -OCH3 is 1. The minimum absolute atomic E-state index is 0.0376. The molecule has 210 valence electrons. The van der Waals surface area contributed by atoms with Crippen LogP contribution in [-0.2, 0) is 19.1 Å². The van der Waals surface area contributed by atoms with Crippen molar-refractivity contribution >= 4 is 23.1 Å². The summed E-state index contributed by atoms with van der Waals surface area (Å²) in [6.45, 7) is 5.95. The highest BCUT2D eigenvalue weighted by Gasteiger charge is 2.37. The van der Waals surface area contributed by atoms with Crippen molar-refractivity contribution in [3.05, 3.63) is 65.0 Å². The van der Waals surface area contributed by atoms with Gasteiger partial charge < -0.3 is 24.6 Å². The minimum atomic E-state index is -0.675. The van der Waals surface area contributed by atoms with Crippen LogP contribution in [0.3, 0.4) is 0 Å².